The maximum atomic E-state index is 10.3. The van der Waals surface area contributed by atoms with E-state index in [1.807, 2.05) is 6.92 Å². The third-order valence-electron chi connectivity index (χ3n) is 1.46. The Hall–Kier alpha value is -1.59. The quantitative estimate of drug-likeness (QED) is 0.643. The van der Waals surface area contributed by atoms with Crippen molar-refractivity contribution in [2.75, 3.05) is 21.1 Å². The van der Waals surface area contributed by atoms with Crippen LogP contribution in [0.1, 0.15) is 33.6 Å². The first kappa shape index (κ1) is 20.8. The molecule has 0 fully saturated rings. The van der Waals surface area contributed by atoms with Gasteiger partial charge >= 0.3 is 0 Å². The van der Waals surface area contributed by atoms with Crippen LogP contribution >= 0.6 is 0 Å². The van der Waals surface area contributed by atoms with Crippen LogP contribution in [0.5, 0.6) is 0 Å². The Morgan fingerprint density at radius 1 is 0.824 bits per heavy atom. The lowest BCUT2D eigenvalue weighted by Gasteiger charge is -1.91. The molecule has 0 aromatic heterocycles. The van der Waals surface area contributed by atoms with E-state index in [4.69, 9.17) is 0 Å². The predicted octanol–water partition coefficient (Wildman–Crippen LogP) is 0.0371. The Morgan fingerprint density at radius 2 is 1.12 bits per heavy atom. The Kier molecular flexibility index (Phi) is 20.6. The van der Waals surface area contributed by atoms with Gasteiger partial charge in [0, 0.05) is 41.4 Å². The summed E-state index contributed by atoms with van der Waals surface area (Å²) < 4.78 is 0. The molecular formula is C11H25N3O3. The molecule has 0 saturated heterocycles. The van der Waals surface area contributed by atoms with E-state index in [2.05, 4.69) is 16.0 Å². The highest BCUT2D eigenvalue weighted by Gasteiger charge is 1.89. The van der Waals surface area contributed by atoms with Gasteiger partial charge < -0.3 is 16.0 Å². The summed E-state index contributed by atoms with van der Waals surface area (Å²) in [6, 6.07) is 0. The number of hydrogen-bond acceptors (Lipinski definition) is 3. The third kappa shape index (κ3) is 40.4. The van der Waals surface area contributed by atoms with E-state index in [1.54, 1.807) is 21.1 Å². The molecule has 0 aromatic carbocycles. The summed E-state index contributed by atoms with van der Waals surface area (Å²) in [5, 5.41) is 7.30. The van der Waals surface area contributed by atoms with Crippen LogP contribution in [0.3, 0.4) is 0 Å². The number of nitrogens with one attached hydrogen (secondary N) is 3. The fraction of sp³-hybridized carbons (Fsp3) is 0.727. The smallest absolute Gasteiger partial charge is 0.219 e. The van der Waals surface area contributed by atoms with Gasteiger partial charge in [0.2, 0.25) is 17.7 Å². The van der Waals surface area contributed by atoms with Gasteiger partial charge in [-0.05, 0) is 6.42 Å². The minimum Gasteiger partial charge on any atom is -0.359 e. The zero-order valence-electron chi connectivity index (χ0n) is 11.6. The molecule has 0 unspecified atom stereocenters. The fourth-order valence-corrected chi connectivity index (χ4v) is 0.352. The molecule has 0 saturated carbocycles. The van der Waals surface area contributed by atoms with E-state index in [0.717, 1.165) is 6.42 Å². The largest absolute Gasteiger partial charge is 0.359 e. The van der Waals surface area contributed by atoms with Crippen LogP contribution in [0.4, 0.5) is 0 Å². The van der Waals surface area contributed by atoms with Crippen LogP contribution in [0.15, 0.2) is 0 Å². The van der Waals surface area contributed by atoms with Crippen LogP contribution in [-0.4, -0.2) is 38.9 Å². The van der Waals surface area contributed by atoms with Gasteiger partial charge in [-0.1, -0.05) is 6.92 Å². The van der Waals surface area contributed by atoms with Gasteiger partial charge in [-0.2, -0.15) is 0 Å². The lowest BCUT2D eigenvalue weighted by atomic mass is 10.3. The van der Waals surface area contributed by atoms with Crippen molar-refractivity contribution in [3.05, 3.63) is 0 Å². The standard InChI is InChI=1S/C5H11NO.2C3H7NO/c1-3-4-5(7)6-2;2*1-3(5)4-2/h3-4H2,1-2H3,(H,6,7);2*1-2H3,(H,4,5). The highest BCUT2D eigenvalue weighted by Crippen LogP contribution is 1.82. The highest BCUT2D eigenvalue weighted by molar-refractivity contribution is 5.75. The molecule has 0 bridgehead atoms. The number of amides is 3. The van der Waals surface area contributed by atoms with Crippen LogP contribution in [0.25, 0.3) is 0 Å². The molecule has 0 aliphatic carbocycles. The van der Waals surface area contributed by atoms with E-state index < -0.39 is 0 Å². The van der Waals surface area contributed by atoms with Crippen LogP contribution < -0.4 is 16.0 Å². The summed E-state index contributed by atoms with van der Waals surface area (Å²) in [4.78, 5) is 29.7. The molecule has 17 heavy (non-hydrogen) atoms. The zero-order chi connectivity index (χ0) is 14.3. The summed E-state index contributed by atoms with van der Waals surface area (Å²) in [6.45, 7) is 4.93. The van der Waals surface area contributed by atoms with Gasteiger partial charge in [-0.15, -0.1) is 0 Å². The van der Waals surface area contributed by atoms with E-state index in [1.165, 1.54) is 13.8 Å². The van der Waals surface area contributed by atoms with Gasteiger partial charge in [0.15, 0.2) is 0 Å². The molecule has 3 N–H and O–H groups in total. The molecule has 6 heteroatoms. The maximum Gasteiger partial charge on any atom is 0.219 e. The second kappa shape index (κ2) is 16.8. The van der Waals surface area contributed by atoms with Crippen molar-refractivity contribution in [1.82, 2.24) is 16.0 Å². The molecule has 0 aromatic rings. The summed E-state index contributed by atoms with van der Waals surface area (Å²) >= 11 is 0. The number of rotatable bonds is 2. The van der Waals surface area contributed by atoms with Gasteiger partial charge in [-0.3, -0.25) is 14.4 Å². The van der Waals surface area contributed by atoms with Crippen LogP contribution in [0, 0.1) is 0 Å². The summed E-state index contributed by atoms with van der Waals surface area (Å²) in [6.07, 6.45) is 1.58. The Labute approximate surface area is 104 Å². The molecule has 3 amide bonds. The molecule has 0 atom stereocenters. The second-order valence-electron chi connectivity index (χ2n) is 3.04. The van der Waals surface area contributed by atoms with E-state index in [-0.39, 0.29) is 17.7 Å². The molecular weight excluding hydrogens is 222 g/mol. The lowest BCUT2D eigenvalue weighted by molar-refractivity contribution is -0.121. The van der Waals surface area contributed by atoms with Crippen LogP contribution in [-0.2, 0) is 14.4 Å². The third-order valence-corrected chi connectivity index (χ3v) is 1.46. The van der Waals surface area contributed by atoms with Crippen molar-refractivity contribution in [3.8, 4) is 0 Å². The van der Waals surface area contributed by atoms with Gasteiger partial charge in [0.1, 0.15) is 0 Å². The SMILES string of the molecule is CCCC(=O)NC.CNC(C)=O.CNC(C)=O. The van der Waals surface area contributed by atoms with Gasteiger partial charge in [-0.25, -0.2) is 0 Å². The topological polar surface area (TPSA) is 87.3 Å². The summed E-state index contributed by atoms with van der Waals surface area (Å²) in [5.41, 5.74) is 0. The van der Waals surface area contributed by atoms with Crippen molar-refractivity contribution >= 4 is 17.7 Å². The van der Waals surface area contributed by atoms with E-state index in [0.29, 0.717) is 6.42 Å². The number of carbonyl (C=O) groups excluding carboxylic acids is 3. The average Bonchev–Trinajstić information content (AvgIpc) is 2.30. The van der Waals surface area contributed by atoms with Crippen molar-refractivity contribution in [2.45, 2.75) is 33.6 Å². The van der Waals surface area contributed by atoms with E-state index in [9.17, 15) is 14.4 Å². The first-order valence-electron chi connectivity index (χ1n) is 5.42. The maximum absolute atomic E-state index is 10.3. The highest BCUT2D eigenvalue weighted by atomic mass is 16.2. The second-order valence-corrected chi connectivity index (χ2v) is 3.04. The molecule has 0 spiro atoms. The van der Waals surface area contributed by atoms with Crippen molar-refractivity contribution in [2.24, 2.45) is 0 Å². The Morgan fingerprint density at radius 3 is 1.18 bits per heavy atom. The van der Waals surface area contributed by atoms with Crippen LogP contribution in [0.2, 0.25) is 0 Å². The zero-order valence-corrected chi connectivity index (χ0v) is 11.6. The van der Waals surface area contributed by atoms with E-state index >= 15 is 0 Å². The van der Waals surface area contributed by atoms with Crippen molar-refractivity contribution in [3.63, 3.8) is 0 Å². The normalized spacial score (nSPS) is 7.41. The number of carbonyl (C=O) groups is 3. The molecule has 0 radical (unpaired) electrons. The summed E-state index contributed by atoms with van der Waals surface area (Å²) in [7, 11) is 4.85. The van der Waals surface area contributed by atoms with Crippen molar-refractivity contribution in [1.29, 1.82) is 0 Å². The van der Waals surface area contributed by atoms with Gasteiger partial charge in [0.05, 0.1) is 0 Å². The Bertz CT molecular complexity index is 204. The predicted molar refractivity (Wildman–Crippen MR) is 68.5 cm³/mol. The minimum atomic E-state index is 0.00463. The molecule has 0 heterocycles. The monoisotopic (exact) mass is 247 g/mol. The first-order valence-corrected chi connectivity index (χ1v) is 5.42. The molecule has 0 aliphatic heterocycles. The molecule has 0 aliphatic rings. The van der Waals surface area contributed by atoms with Crippen molar-refractivity contribution < 1.29 is 14.4 Å². The Balaban J connectivity index is -0.000000177. The fourth-order valence-electron chi connectivity index (χ4n) is 0.352. The van der Waals surface area contributed by atoms with Gasteiger partial charge in [0.25, 0.3) is 0 Å². The first-order chi connectivity index (χ1) is 7.85. The minimum absolute atomic E-state index is 0.00463. The molecule has 102 valence electrons. The summed E-state index contributed by atoms with van der Waals surface area (Å²) in [5.74, 6) is 0.137. The lowest BCUT2D eigenvalue weighted by Crippen LogP contribution is -2.16. The average molecular weight is 247 g/mol. The molecule has 6 nitrogen and oxygen atoms in total. The number of hydrogen-bond donors (Lipinski definition) is 3. The molecule has 0 rings (SSSR count).